The van der Waals surface area contributed by atoms with Crippen LogP contribution in [0.25, 0.3) is 0 Å². The van der Waals surface area contributed by atoms with Crippen LogP contribution in [-0.4, -0.2) is 55.8 Å². The summed E-state index contributed by atoms with van der Waals surface area (Å²) in [6.45, 7) is 9.70. The van der Waals surface area contributed by atoms with Gasteiger partial charge in [-0.05, 0) is 69.7 Å². The molecule has 6 nitrogen and oxygen atoms in total. The molecule has 1 aliphatic rings. The van der Waals surface area contributed by atoms with Crippen molar-refractivity contribution in [3.05, 3.63) is 58.1 Å². The number of nitrogens with one attached hydrogen (secondary N) is 1. The highest BCUT2D eigenvalue weighted by Crippen LogP contribution is 2.27. The Bertz CT molecular complexity index is 1050. The molecule has 9 heteroatoms. The van der Waals surface area contributed by atoms with Crippen LogP contribution < -0.4 is 4.72 Å². The molecule has 0 atom stereocenters. The van der Waals surface area contributed by atoms with Gasteiger partial charge in [-0.25, -0.2) is 8.42 Å². The lowest BCUT2D eigenvalue weighted by molar-refractivity contribution is 0.0749. The van der Waals surface area contributed by atoms with Gasteiger partial charge in [-0.2, -0.15) is 0 Å². The molecule has 0 saturated carbocycles. The summed E-state index contributed by atoms with van der Waals surface area (Å²) < 4.78 is 27.8. The highest BCUT2D eigenvalue weighted by atomic mass is 35.5. The fourth-order valence-corrected chi connectivity index (χ4v) is 5.37. The average Bonchev–Trinajstić information content (AvgIpc) is 2.96. The molecule has 0 spiro atoms. The molecule has 0 unspecified atom stereocenters. The van der Waals surface area contributed by atoms with Crippen LogP contribution in [0.5, 0.6) is 0 Å². The van der Waals surface area contributed by atoms with E-state index in [2.05, 4.69) is 30.4 Å². The third-order valence-electron chi connectivity index (χ3n) is 5.30. The van der Waals surface area contributed by atoms with Crippen LogP contribution in [0.4, 0.5) is 5.69 Å². The van der Waals surface area contributed by atoms with Gasteiger partial charge in [0.1, 0.15) is 4.90 Å². The molecular weight excluding hydrogens is 457 g/mol. The van der Waals surface area contributed by atoms with Crippen molar-refractivity contribution in [2.45, 2.75) is 37.6 Å². The minimum absolute atomic E-state index is 0.0527. The second-order valence-electron chi connectivity index (χ2n) is 8.56. The van der Waals surface area contributed by atoms with Crippen molar-refractivity contribution < 1.29 is 13.2 Å². The molecule has 168 valence electrons. The van der Waals surface area contributed by atoms with Crippen molar-refractivity contribution in [2.75, 3.05) is 30.9 Å². The number of carbonyl (C=O) groups excluding carboxylic acids is 1. The Morgan fingerprint density at radius 2 is 1.65 bits per heavy atom. The Morgan fingerprint density at radius 3 is 2.29 bits per heavy atom. The summed E-state index contributed by atoms with van der Waals surface area (Å²) >= 11 is 11.9. The summed E-state index contributed by atoms with van der Waals surface area (Å²) in [5.41, 5.74) is 0.930. The summed E-state index contributed by atoms with van der Waals surface area (Å²) in [4.78, 5) is 17.1. The quantitative estimate of drug-likeness (QED) is 0.681. The standard InChI is InChI=1S/C22H27Cl2N3O3S/c1-22(2,3)27-12-4-11-26(13-14-27)21(28)16-5-8-18(9-6-16)25-31(29,30)20-15-17(23)7-10-19(20)24/h5-10,15,25H,4,11-14H2,1-3H3. The van der Waals surface area contributed by atoms with Crippen LogP contribution >= 0.6 is 23.2 Å². The molecule has 0 bridgehead atoms. The van der Waals surface area contributed by atoms with Gasteiger partial charge in [-0.3, -0.25) is 14.4 Å². The van der Waals surface area contributed by atoms with E-state index < -0.39 is 10.0 Å². The first-order valence-corrected chi connectivity index (χ1v) is 12.3. The summed E-state index contributed by atoms with van der Waals surface area (Å²) in [5, 5.41) is 0.349. The summed E-state index contributed by atoms with van der Waals surface area (Å²) in [6.07, 6.45) is 0.918. The number of sulfonamides is 1. The lowest BCUT2D eigenvalue weighted by atomic mass is 10.1. The van der Waals surface area contributed by atoms with Crippen molar-refractivity contribution >= 4 is 44.8 Å². The monoisotopic (exact) mass is 483 g/mol. The minimum Gasteiger partial charge on any atom is -0.337 e. The molecule has 1 saturated heterocycles. The van der Waals surface area contributed by atoms with E-state index in [4.69, 9.17) is 23.2 Å². The zero-order chi connectivity index (χ0) is 22.8. The molecule has 2 aromatic carbocycles. The van der Waals surface area contributed by atoms with E-state index in [9.17, 15) is 13.2 Å². The summed E-state index contributed by atoms with van der Waals surface area (Å²) in [6, 6.07) is 10.7. The van der Waals surface area contributed by atoms with Crippen LogP contribution in [-0.2, 0) is 10.0 Å². The van der Waals surface area contributed by atoms with Crippen LogP contribution in [0.1, 0.15) is 37.6 Å². The maximum atomic E-state index is 12.9. The first-order chi connectivity index (χ1) is 14.5. The normalized spacial score (nSPS) is 16.1. The lowest BCUT2D eigenvalue weighted by Crippen LogP contribution is -2.44. The Kier molecular flexibility index (Phi) is 7.21. The van der Waals surface area contributed by atoms with Crippen molar-refractivity contribution in [3.8, 4) is 0 Å². The fourth-order valence-electron chi connectivity index (χ4n) is 3.55. The SMILES string of the molecule is CC(C)(C)N1CCCN(C(=O)c2ccc(NS(=O)(=O)c3cc(Cl)ccc3Cl)cc2)CC1. The molecule has 0 aliphatic carbocycles. The van der Waals surface area contributed by atoms with E-state index in [1.165, 1.54) is 18.2 Å². The maximum absolute atomic E-state index is 12.9. The number of rotatable bonds is 4. The highest BCUT2D eigenvalue weighted by Gasteiger charge is 2.26. The predicted octanol–water partition coefficient (Wildman–Crippen LogP) is 4.74. The molecule has 1 heterocycles. The molecule has 1 N–H and O–H groups in total. The predicted molar refractivity (Wildman–Crippen MR) is 126 cm³/mol. The van der Waals surface area contributed by atoms with E-state index in [0.29, 0.717) is 24.3 Å². The van der Waals surface area contributed by atoms with Crippen LogP contribution in [0, 0.1) is 0 Å². The number of carbonyl (C=O) groups is 1. The van der Waals surface area contributed by atoms with Gasteiger partial charge in [-0.15, -0.1) is 0 Å². The minimum atomic E-state index is -3.91. The third-order valence-corrected chi connectivity index (χ3v) is 7.40. The summed E-state index contributed by atoms with van der Waals surface area (Å²) in [7, 11) is -3.91. The van der Waals surface area contributed by atoms with Gasteiger partial charge >= 0.3 is 0 Å². The first kappa shape index (κ1) is 23.9. The number of amides is 1. The lowest BCUT2D eigenvalue weighted by Gasteiger charge is -2.34. The molecule has 2 aromatic rings. The molecule has 3 rings (SSSR count). The van der Waals surface area contributed by atoms with Gasteiger partial charge in [0.2, 0.25) is 0 Å². The second-order valence-corrected chi connectivity index (χ2v) is 11.1. The Labute approximate surface area is 194 Å². The van der Waals surface area contributed by atoms with Gasteiger partial charge in [0.05, 0.1) is 5.02 Å². The number of hydrogen-bond donors (Lipinski definition) is 1. The number of nitrogens with zero attached hydrogens (tertiary/aromatic N) is 2. The van der Waals surface area contributed by atoms with E-state index >= 15 is 0 Å². The van der Waals surface area contributed by atoms with Crippen molar-refractivity contribution in [2.24, 2.45) is 0 Å². The number of hydrogen-bond acceptors (Lipinski definition) is 4. The molecular formula is C22H27Cl2N3O3S. The van der Waals surface area contributed by atoms with Crippen LogP contribution in [0.3, 0.4) is 0 Å². The Morgan fingerprint density at radius 1 is 0.968 bits per heavy atom. The number of anilines is 1. The van der Waals surface area contributed by atoms with E-state index in [1.54, 1.807) is 24.3 Å². The average molecular weight is 484 g/mol. The van der Waals surface area contributed by atoms with Gasteiger partial charge < -0.3 is 4.90 Å². The zero-order valence-electron chi connectivity index (χ0n) is 17.9. The fraction of sp³-hybridized carbons (Fsp3) is 0.409. The number of halogens is 2. The van der Waals surface area contributed by atoms with Gasteiger partial charge in [-0.1, -0.05) is 23.2 Å². The largest absolute Gasteiger partial charge is 0.337 e. The Balaban J connectivity index is 1.70. The van der Waals surface area contributed by atoms with Crippen molar-refractivity contribution in [1.82, 2.24) is 9.80 Å². The highest BCUT2D eigenvalue weighted by molar-refractivity contribution is 7.92. The molecule has 0 aromatic heterocycles. The topological polar surface area (TPSA) is 69.7 Å². The van der Waals surface area contributed by atoms with Crippen LogP contribution in [0.2, 0.25) is 10.0 Å². The Hall–Kier alpha value is -1.80. The molecule has 0 radical (unpaired) electrons. The van der Waals surface area contributed by atoms with Crippen molar-refractivity contribution in [3.63, 3.8) is 0 Å². The van der Waals surface area contributed by atoms with Gasteiger partial charge in [0, 0.05) is 48.0 Å². The summed E-state index contributed by atoms with van der Waals surface area (Å²) in [5.74, 6) is -0.0527. The van der Waals surface area contributed by atoms with Gasteiger partial charge in [0.15, 0.2) is 0 Å². The number of benzene rings is 2. The van der Waals surface area contributed by atoms with Crippen molar-refractivity contribution in [1.29, 1.82) is 0 Å². The maximum Gasteiger partial charge on any atom is 0.263 e. The molecule has 1 fully saturated rings. The first-order valence-electron chi connectivity index (χ1n) is 10.1. The van der Waals surface area contributed by atoms with Gasteiger partial charge in [0.25, 0.3) is 15.9 Å². The zero-order valence-corrected chi connectivity index (χ0v) is 20.2. The molecule has 31 heavy (non-hydrogen) atoms. The second kappa shape index (κ2) is 9.36. The molecule has 1 aliphatic heterocycles. The van der Waals surface area contributed by atoms with E-state index in [0.717, 1.165) is 19.5 Å². The smallest absolute Gasteiger partial charge is 0.263 e. The van der Waals surface area contributed by atoms with E-state index in [-0.39, 0.29) is 26.4 Å². The van der Waals surface area contributed by atoms with E-state index in [1.807, 2.05) is 4.90 Å². The molecule has 1 amide bonds. The van der Waals surface area contributed by atoms with Crippen LogP contribution in [0.15, 0.2) is 47.4 Å². The third kappa shape index (κ3) is 5.92.